The first-order valence-corrected chi connectivity index (χ1v) is 8.33. The van der Waals surface area contributed by atoms with Gasteiger partial charge in [0, 0.05) is 19.4 Å². The van der Waals surface area contributed by atoms with E-state index in [4.69, 9.17) is 49.0 Å². The Kier molecular flexibility index (Phi) is 12.2. The van der Waals surface area contributed by atoms with E-state index < -0.39 is 9.76 Å². The number of rotatable bonds is 9. The fourth-order valence-corrected chi connectivity index (χ4v) is 1.71. The van der Waals surface area contributed by atoms with Gasteiger partial charge >= 0.3 is 5.97 Å². The van der Waals surface area contributed by atoms with E-state index in [1.54, 1.807) is 6.92 Å². The van der Waals surface area contributed by atoms with E-state index in [2.05, 4.69) is 11.8 Å². The monoisotopic (exact) mass is 372 g/mol. The average Bonchev–Trinajstić information content (AvgIpc) is 2.37. The van der Waals surface area contributed by atoms with Crippen molar-refractivity contribution in [3.8, 4) is 11.8 Å². The number of halogens is 3. The van der Waals surface area contributed by atoms with E-state index in [-0.39, 0.29) is 18.8 Å². The molecule has 128 valence electrons. The van der Waals surface area contributed by atoms with Crippen molar-refractivity contribution >= 4 is 40.8 Å². The van der Waals surface area contributed by atoms with Crippen LogP contribution in [0.2, 0.25) is 0 Å². The normalized spacial score (nSPS) is 13.9. The summed E-state index contributed by atoms with van der Waals surface area (Å²) in [5.41, 5.74) is 0. The molecule has 0 unspecified atom stereocenters. The van der Waals surface area contributed by atoms with Crippen LogP contribution in [0.15, 0.2) is 0 Å². The molecule has 0 rings (SSSR count). The summed E-state index contributed by atoms with van der Waals surface area (Å²) in [5.74, 6) is 5.32. The van der Waals surface area contributed by atoms with Gasteiger partial charge in [-0.3, -0.25) is 4.79 Å². The lowest BCUT2D eigenvalue weighted by Crippen LogP contribution is -2.19. The fraction of sp³-hybridized carbons (Fsp3) is 0.800. The molecule has 2 atom stereocenters. The topological polar surface area (TPSA) is 44.8 Å². The molecule has 22 heavy (non-hydrogen) atoms. The molecule has 0 heterocycles. The number of ether oxygens (including phenoxy) is 3. The van der Waals surface area contributed by atoms with Gasteiger partial charge in [-0.2, -0.15) is 0 Å². The Labute approximate surface area is 147 Å². The summed E-state index contributed by atoms with van der Waals surface area (Å²) in [6, 6.07) is 0. The predicted molar refractivity (Wildman–Crippen MR) is 89.1 cm³/mol. The van der Waals surface area contributed by atoms with Crippen LogP contribution in [-0.4, -0.2) is 35.4 Å². The van der Waals surface area contributed by atoms with Crippen LogP contribution in [0, 0.1) is 11.8 Å². The fourth-order valence-electron chi connectivity index (χ4n) is 1.38. The molecule has 0 aliphatic heterocycles. The van der Waals surface area contributed by atoms with Crippen LogP contribution in [0.25, 0.3) is 0 Å². The van der Waals surface area contributed by atoms with E-state index in [0.29, 0.717) is 26.1 Å². The second kappa shape index (κ2) is 12.3. The molecule has 0 aromatic heterocycles. The highest BCUT2D eigenvalue weighted by molar-refractivity contribution is 6.68. The third-order valence-electron chi connectivity index (χ3n) is 2.33. The zero-order valence-corrected chi connectivity index (χ0v) is 15.4. The first kappa shape index (κ1) is 21.8. The molecular formula is C15H23Cl3O4. The van der Waals surface area contributed by atoms with E-state index in [1.165, 1.54) is 0 Å². The lowest BCUT2D eigenvalue weighted by Gasteiger charge is -2.13. The van der Waals surface area contributed by atoms with E-state index >= 15 is 0 Å². The lowest BCUT2D eigenvalue weighted by atomic mass is 10.3. The number of carbonyl (C=O) groups is 1. The molecule has 0 bridgehead atoms. The summed E-state index contributed by atoms with van der Waals surface area (Å²) in [6.45, 7) is 6.82. The van der Waals surface area contributed by atoms with Gasteiger partial charge in [0.15, 0.2) is 6.29 Å². The number of hydrogen-bond acceptors (Lipinski definition) is 4. The van der Waals surface area contributed by atoms with Crippen molar-refractivity contribution in [1.82, 2.24) is 0 Å². The molecule has 0 spiro atoms. The summed E-state index contributed by atoms with van der Waals surface area (Å²) in [7, 11) is 0. The Bertz CT molecular complexity index is 371. The maximum Gasteiger partial charge on any atom is 0.310 e. The maximum absolute atomic E-state index is 11.4. The molecule has 0 aliphatic rings. The average molecular weight is 374 g/mol. The van der Waals surface area contributed by atoms with Crippen LogP contribution in [0.3, 0.4) is 0 Å². The summed E-state index contributed by atoms with van der Waals surface area (Å²) >= 11 is 16.5. The molecule has 0 N–H and O–H groups in total. The van der Waals surface area contributed by atoms with Crippen LogP contribution >= 0.6 is 34.8 Å². The minimum absolute atomic E-state index is 0.219. The van der Waals surface area contributed by atoms with Crippen LogP contribution in [0.4, 0.5) is 0 Å². The number of esters is 1. The molecular weight excluding hydrogens is 351 g/mol. The molecule has 4 nitrogen and oxygen atoms in total. The molecule has 0 fully saturated rings. The van der Waals surface area contributed by atoms with Gasteiger partial charge < -0.3 is 14.2 Å². The molecule has 7 heteroatoms. The van der Waals surface area contributed by atoms with Crippen molar-refractivity contribution in [3.63, 3.8) is 0 Å². The highest BCUT2D eigenvalue weighted by Crippen LogP contribution is 2.30. The molecule has 0 amide bonds. The number of hydrogen-bond donors (Lipinski definition) is 0. The molecule has 0 saturated heterocycles. The lowest BCUT2D eigenvalue weighted by molar-refractivity contribution is -0.147. The minimum atomic E-state index is -1.63. The largest absolute Gasteiger partial charge is 0.462 e. The van der Waals surface area contributed by atoms with E-state index in [1.807, 2.05) is 13.8 Å². The van der Waals surface area contributed by atoms with E-state index in [9.17, 15) is 4.79 Å². The Morgan fingerprint density at radius 2 is 1.77 bits per heavy atom. The summed E-state index contributed by atoms with van der Waals surface area (Å²) in [6.07, 6.45) is 1.13. The SMILES string of the molecule is CCCO[C@H](C)OCCC#CC[C@@H](C)OC(=O)CC(Cl)(Cl)Cl. The van der Waals surface area contributed by atoms with Crippen molar-refractivity contribution in [1.29, 1.82) is 0 Å². The molecule has 0 aromatic rings. The third kappa shape index (κ3) is 14.7. The van der Waals surface area contributed by atoms with Crippen molar-refractivity contribution < 1.29 is 19.0 Å². The summed E-state index contributed by atoms with van der Waals surface area (Å²) < 4.78 is 14.2. The number of alkyl halides is 3. The van der Waals surface area contributed by atoms with Crippen LogP contribution in [0.1, 0.15) is 46.5 Å². The van der Waals surface area contributed by atoms with Crippen molar-refractivity contribution in [3.05, 3.63) is 0 Å². The zero-order valence-electron chi connectivity index (χ0n) is 13.2. The van der Waals surface area contributed by atoms with Gasteiger partial charge in [-0.25, -0.2) is 0 Å². The first-order valence-electron chi connectivity index (χ1n) is 7.19. The second-order valence-corrected chi connectivity index (χ2v) is 7.23. The van der Waals surface area contributed by atoms with Gasteiger partial charge in [0.25, 0.3) is 0 Å². The van der Waals surface area contributed by atoms with Gasteiger partial charge in [0.05, 0.1) is 13.0 Å². The van der Waals surface area contributed by atoms with Crippen LogP contribution < -0.4 is 0 Å². The minimum Gasteiger partial charge on any atom is -0.462 e. The highest BCUT2D eigenvalue weighted by Gasteiger charge is 2.25. The standard InChI is InChI=1S/C15H23Cl3O4/c1-4-9-20-13(3)21-10-7-5-6-8-12(2)22-14(19)11-15(16,17)18/h12-13H,4,7-11H2,1-3H3/t12-,13+/m1/s1. The summed E-state index contributed by atoms with van der Waals surface area (Å²) in [5, 5.41) is 0. The molecule has 0 aromatic carbocycles. The van der Waals surface area contributed by atoms with Crippen molar-refractivity contribution in [2.45, 2.75) is 62.6 Å². The Morgan fingerprint density at radius 1 is 1.14 bits per heavy atom. The van der Waals surface area contributed by atoms with Crippen LogP contribution in [0.5, 0.6) is 0 Å². The van der Waals surface area contributed by atoms with E-state index in [0.717, 1.165) is 6.42 Å². The smallest absolute Gasteiger partial charge is 0.310 e. The summed E-state index contributed by atoms with van der Waals surface area (Å²) in [4.78, 5) is 11.4. The third-order valence-corrected chi connectivity index (χ3v) is 2.73. The quantitative estimate of drug-likeness (QED) is 0.199. The predicted octanol–water partition coefficient (Wildman–Crippen LogP) is 4.25. The zero-order chi connectivity index (χ0) is 17.0. The Hall–Kier alpha value is -0.180. The van der Waals surface area contributed by atoms with Gasteiger partial charge in [-0.1, -0.05) is 47.6 Å². The first-order chi connectivity index (χ1) is 10.2. The maximum atomic E-state index is 11.4. The highest BCUT2D eigenvalue weighted by atomic mass is 35.6. The molecule has 0 saturated carbocycles. The van der Waals surface area contributed by atoms with Gasteiger partial charge in [0.2, 0.25) is 3.79 Å². The van der Waals surface area contributed by atoms with Gasteiger partial charge in [-0.15, -0.1) is 5.92 Å². The Balaban J connectivity index is 3.75. The second-order valence-electron chi connectivity index (χ2n) is 4.71. The molecule has 0 radical (unpaired) electrons. The Morgan fingerprint density at radius 3 is 2.36 bits per heavy atom. The molecule has 0 aliphatic carbocycles. The van der Waals surface area contributed by atoms with Crippen molar-refractivity contribution in [2.75, 3.05) is 13.2 Å². The van der Waals surface area contributed by atoms with Crippen LogP contribution in [-0.2, 0) is 19.0 Å². The van der Waals surface area contributed by atoms with Gasteiger partial charge in [0.1, 0.15) is 6.10 Å². The van der Waals surface area contributed by atoms with Gasteiger partial charge in [-0.05, 0) is 20.3 Å². The number of carbonyl (C=O) groups excluding carboxylic acids is 1. The van der Waals surface area contributed by atoms with Crippen molar-refractivity contribution in [2.24, 2.45) is 0 Å².